The lowest BCUT2D eigenvalue weighted by molar-refractivity contribution is 0.304. The maximum atomic E-state index is 15.1. The highest BCUT2D eigenvalue weighted by atomic mass is 19.1. The molecule has 2 aromatic carbocycles. The number of hydrogen-bond acceptors (Lipinski definition) is 1. The largest absolute Gasteiger partial charge is 0.494 e. The Balaban J connectivity index is 1.46. The average Bonchev–Trinajstić information content (AvgIpc) is 2.78. The van der Waals surface area contributed by atoms with Crippen molar-refractivity contribution in [3.8, 4) is 5.75 Å². The number of ether oxygens (including phenoxy) is 1. The standard InChI is InChI=1S/C27H32F2O/c1-3-4-5-18-6-8-19(9-7-18)20-10-13-23(25(28)17-20)21-11-14-24-22(16-21)12-15-26(30-2)27(24)29/h10-13,15,17-19H,3-9,14,16H2,1-2H3. The summed E-state index contributed by atoms with van der Waals surface area (Å²) in [4.78, 5) is 0. The van der Waals surface area contributed by atoms with Crippen molar-refractivity contribution in [2.45, 2.75) is 70.6 Å². The molecule has 0 heterocycles. The molecule has 2 aromatic rings. The van der Waals surface area contributed by atoms with Crippen LogP contribution in [-0.2, 0) is 12.8 Å². The molecule has 0 amide bonds. The van der Waals surface area contributed by atoms with Gasteiger partial charge >= 0.3 is 0 Å². The number of halogens is 2. The Morgan fingerprint density at radius 1 is 1.03 bits per heavy atom. The van der Waals surface area contributed by atoms with Crippen LogP contribution in [0.3, 0.4) is 0 Å². The molecule has 1 saturated carbocycles. The van der Waals surface area contributed by atoms with E-state index in [4.69, 9.17) is 4.74 Å². The molecule has 1 nitrogen and oxygen atoms in total. The van der Waals surface area contributed by atoms with Crippen LogP contribution in [0.1, 0.15) is 80.0 Å². The lowest BCUT2D eigenvalue weighted by atomic mass is 9.76. The molecule has 0 saturated heterocycles. The highest BCUT2D eigenvalue weighted by molar-refractivity contribution is 5.71. The summed E-state index contributed by atoms with van der Waals surface area (Å²) in [6.07, 6.45) is 11.8. The van der Waals surface area contributed by atoms with Crippen molar-refractivity contribution >= 4 is 5.57 Å². The number of hydrogen-bond donors (Lipinski definition) is 0. The average molecular weight is 411 g/mol. The first kappa shape index (κ1) is 21.1. The Hall–Kier alpha value is -2.16. The highest BCUT2D eigenvalue weighted by Gasteiger charge is 2.24. The highest BCUT2D eigenvalue weighted by Crippen LogP contribution is 2.39. The smallest absolute Gasteiger partial charge is 0.168 e. The summed E-state index contributed by atoms with van der Waals surface area (Å²) in [6.45, 7) is 2.25. The van der Waals surface area contributed by atoms with Crippen LogP contribution in [0.25, 0.3) is 5.57 Å². The third-order valence-corrected chi connectivity index (χ3v) is 7.08. The molecule has 0 unspecified atom stereocenters. The van der Waals surface area contributed by atoms with Gasteiger partial charge in [0.05, 0.1) is 7.11 Å². The fourth-order valence-corrected chi connectivity index (χ4v) is 5.21. The zero-order valence-corrected chi connectivity index (χ0v) is 18.1. The number of methoxy groups -OCH3 is 1. The maximum Gasteiger partial charge on any atom is 0.168 e. The van der Waals surface area contributed by atoms with Gasteiger partial charge in [-0.25, -0.2) is 8.78 Å². The zero-order valence-electron chi connectivity index (χ0n) is 18.1. The van der Waals surface area contributed by atoms with Crippen LogP contribution >= 0.6 is 0 Å². The molecule has 160 valence electrons. The SMILES string of the molecule is CCCCC1CCC(c2ccc(C3=CCc4c(ccc(OC)c4F)C3)c(F)c2)CC1. The Kier molecular flexibility index (Phi) is 6.55. The summed E-state index contributed by atoms with van der Waals surface area (Å²) >= 11 is 0. The van der Waals surface area contributed by atoms with E-state index in [0.29, 0.717) is 29.9 Å². The van der Waals surface area contributed by atoms with Crippen LogP contribution in [0.4, 0.5) is 8.78 Å². The summed E-state index contributed by atoms with van der Waals surface area (Å²) < 4.78 is 34.6. The molecule has 1 fully saturated rings. The number of benzene rings is 2. The van der Waals surface area contributed by atoms with Gasteiger partial charge in [-0.2, -0.15) is 0 Å². The van der Waals surface area contributed by atoms with E-state index in [-0.39, 0.29) is 17.4 Å². The summed E-state index contributed by atoms with van der Waals surface area (Å²) in [7, 11) is 1.48. The molecule has 2 aliphatic carbocycles. The molecule has 0 aromatic heterocycles. The molecule has 2 aliphatic rings. The first-order valence-corrected chi connectivity index (χ1v) is 11.4. The molecule has 4 rings (SSSR count). The molecule has 3 heteroatoms. The van der Waals surface area contributed by atoms with Crippen molar-refractivity contribution in [1.82, 2.24) is 0 Å². The fraction of sp³-hybridized carbons (Fsp3) is 0.481. The predicted octanol–water partition coefficient (Wildman–Crippen LogP) is 7.62. The summed E-state index contributed by atoms with van der Waals surface area (Å²) in [5, 5.41) is 0. The van der Waals surface area contributed by atoms with Gasteiger partial charge in [0.2, 0.25) is 0 Å². The van der Waals surface area contributed by atoms with E-state index in [9.17, 15) is 4.39 Å². The minimum Gasteiger partial charge on any atom is -0.494 e. The molecule has 0 atom stereocenters. The number of unbranched alkanes of at least 4 members (excludes halogenated alkanes) is 1. The summed E-state index contributed by atoms with van der Waals surface area (Å²) in [5.41, 5.74) is 4.31. The number of allylic oxidation sites excluding steroid dienone is 2. The van der Waals surface area contributed by atoms with Crippen molar-refractivity contribution in [3.05, 3.63) is 70.3 Å². The summed E-state index contributed by atoms with van der Waals surface area (Å²) in [6, 6.07) is 9.35. The maximum absolute atomic E-state index is 15.1. The van der Waals surface area contributed by atoms with E-state index in [1.54, 1.807) is 12.1 Å². The Morgan fingerprint density at radius 3 is 2.53 bits per heavy atom. The number of fused-ring (bicyclic) bond motifs is 1. The normalized spacial score (nSPS) is 21.1. The van der Waals surface area contributed by atoms with Crippen molar-refractivity contribution in [2.24, 2.45) is 5.92 Å². The summed E-state index contributed by atoms with van der Waals surface area (Å²) in [5.74, 6) is 1.16. The molecule has 0 radical (unpaired) electrons. The van der Waals surface area contributed by atoms with Crippen LogP contribution in [-0.4, -0.2) is 7.11 Å². The lowest BCUT2D eigenvalue weighted by Crippen LogP contribution is -2.14. The van der Waals surface area contributed by atoms with E-state index >= 15 is 4.39 Å². The van der Waals surface area contributed by atoms with E-state index in [0.717, 1.165) is 22.6 Å². The van der Waals surface area contributed by atoms with Gasteiger partial charge in [-0.05, 0) is 84.8 Å². The van der Waals surface area contributed by atoms with Crippen molar-refractivity contribution in [3.63, 3.8) is 0 Å². The van der Waals surface area contributed by atoms with Gasteiger partial charge < -0.3 is 4.74 Å². The molecular formula is C27H32F2O. The van der Waals surface area contributed by atoms with Crippen molar-refractivity contribution < 1.29 is 13.5 Å². The van der Waals surface area contributed by atoms with E-state index in [1.165, 1.54) is 52.1 Å². The molecule has 0 spiro atoms. The quantitative estimate of drug-likeness (QED) is 0.476. The van der Waals surface area contributed by atoms with Gasteiger partial charge in [0.25, 0.3) is 0 Å². The van der Waals surface area contributed by atoms with Crippen molar-refractivity contribution in [1.29, 1.82) is 0 Å². The molecule has 30 heavy (non-hydrogen) atoms. The van der Waals surface area contributed by atoms with Crippen LogP contribution in [0.15, 0.2) is 36.4 Å². The second kappa shape index (κ2) is 9.32. The molecule has 0 N–H and O–H groups in total. The fourth-order valence-electron chi connectivity index (χ4n) is 5.21. The second-order valence-electron chi connectivity index (χ2n) is 8.93. The van der Waals surface area contributed by atoms with Gasteiger partial charge in [0, 0.05) is 5.56 Å². The van der Waals surface area contributed by atoms with Crippen LogP contribution in [0.5, 0.6) is 5.75 Å². The van der Waals surface area contributed by atoms with E-state index < -0.39 is 0 Å². The third-order valence-electron chi connectivity index (χ3n) is 7.08. The minimum absolute atomic E-state index is 0.149. The zero-order chi connectivity index (χ0) is 21.1. The van der Waals surface area contributed by atoms with Gasteiger partial charge in [0.1, 0.15) is 5.82 Å². The predicted molar refractivity (Wildman–Crippen MR) is 119 cm³/mol. The Bertz CT molecular complexity index is 923. The number of rotatable bonds is 6. The minimum atomic E-state index is -0.296. The Morgan fingerprint density at radius 2 is 1.83 bits per heavy atom. The molecule has 0 aliphatic heterocycles. The van der Waals surface area contributed by atoms with E-state index in [2.05, 4.69) is 13.0 Å². The van der Waals surface area contributed by atoms with Gasteiger partial charge in [-0.15, -0.1) is 0 Å². The second-order valence-corrected chi connectivity index (χ2v) is 8.93. The molecule has 0 bridgehead atoms. The first-order chi connectivity index (χ1) is 14.6. The molecular weight excluding hydrogens is 378 g/mol. The Labute approximate surface area is 179 Å². The van der Waals surface area contributed by atoms with Crippen LogP contribution in [0.2, 0.25) is 0 Å². The van der Waals surface area contributed by atoms with Gasteiger partial charge in [0.15, 0.2) is 11.6 Å². The van der Waals surface area contributed by atoms with Crippen LogP contribution in [0, 0.1) is 17.6 Å². The lowest BCUT2D eigenvalue weighted by Gasteiger charge is -2.29. The monoisotopic (exact) mass is 410 g/mol. The van der Waals surface area contributed by atoms with Gasteiger partial charge in [-0.1, -0.05) is 50.5 Å². The van der Waals surface area contributed by atoms with Crippen LogP contribution < -0.4 is 4.74 Å². The third kappa shape index (κ3) is 4.31. The topological polar surface area (TPSA) is 9.23 Å². The first-order valence-electron chi connectivity index (χ1n) is 11.4. The van der Waals surface area contributed by atoms with E-state index in [1.807, 2.05) is 18.2 Å². The van der Waals surface area contributed by atoms with Crippen molar-refractivity contribution in [2.75, 3.05) is 7.11 Å². The van der Waals surface area contributed by atoms with Gasteiger partial charge in [-0.3, -0.25) is 0 Å².